The van der Waals surface area contributed by atoms with Crippen LogP contribution in [0.3, 0.4) is 0 Å². The van der Waals surface area contributed by atoms with E-state index in [1.807, 2.05) is 85.8 Å². The number of imidazole rings is 1. The van der Waals surface area contributed by atoms with Crippen molar-refractivity contribution in [1.29, 1.82) is 0 Å². The summed E-state index contributed by atoms with van der Waals surface area (Å²) in [5.41, 5.74) is 3.77. The Hall–Kier alpha value is -3.68. The molecule has 0 bridgehead atoms. The van der Waals surface area contributed by atoms with E-state index >= 15 is 0 Å². The van der Waals surface area contributed by atoms with Crippen LogP contribution in [0.1, 0.15) is 11.1 Å². The lowest BCUT2D eigenvalue weighted by atomic mass is 10.2. The smallest absolute Gasteiger partial charge is 0.274 e. The highest BCUT2D eigenvalue weighted by molar-refractivity contribution is 7.15. The maximum absolute atomic E-state index is 12.9. The molecule has 5 rings (SSSR count). The number of rotatable bonds is 9. The zero-order chi connectivity index (χ0) is 23.3. The van der Waals surface area contributed by atoms with Crippen LogP contribution in [0.4, 0.5) is 0 Å². The van der Waals surface area contributed by atoms with Crippen molar-refractivity contribution in [3.63, 3.8) is 0 Å². The summed E-state index contributed by atoms with van der Waals surface area (Å²) < 4.78 is 19.3. The van der Waals surface area contributed by atoms with Crippen molar-refractivity contribution >= 4 is 33.4 Å². The average molecular weight is 473 g/mol. The highest BCUT2D eigenvalue weighted by atomic mass is 32.1. The van der Waals surface area contributed by atoms with Crippen molar-refractivity contribution < 1.29 is 14.2 Å². The summed E-state index contributed by atoms with van der Waals surface area (Å²) in [5.74, 6) is 1.60. The molecule has 0 N–H and O–H groups in total. The van der Waals surface area contributed by atoms with Gasteiger partial charge < -0.3 is 14.2 Å². The number of hydrogen-bond acceptors (Lipinski definition) is 6. The minimum Gasteiger partial charge on any atom is -0.491 e. The van der Waals surface area contributed by atoms with Crippen LogP contribution in [0.15, 0.2) is 77.6 Å². The van der Waals surface area contributed by atoms with Crippen LogP contribution in [0.2, 0.25) is 0 Å². The second-order valence-corrected chi connectivity index (χ2v) is 8.83. The third-order valence-electron chi connectivity index (χ3n) is 5.34. The fraction of sp³-hybridized carbons (Fsp3) is 0.185. The zero-order valence-corrected chi connectivity index (χ0v) is 19.6. The van der Waals surface area contributed by atoms with E-state index < -0.39 is 0 Å². The molecule has 0 fully saturated rings. The van der Waals surface area contributed by atoms with Crippen LogP contribution >= 0.6 is 11.3 Å². The molecule has 6 nitrogen and oxygen atoms in total. The number of aryl methyl sites for hydroxylation is 1. The monoisotopic (exact) mass is 472 g/mol. The second-order valence-electron chi connectivity index (χ2n) is 7.83. The van der Waals surface area contributed by atoms with E-state index in [0.29, 0.717) is 35.9 Å². The molecule has 34 heavy (non-hydrogen) atoms. The second kappa shape index (κ2) is 10.1. The Balaban J connectivity index is 1.12. The topological polar surface area (TPSA) is 62.1 Å². The molecule has 0 aliphatic heterocycles. The molecule has 2 aromatic heterocycles. The number of ether oxygens (including phenoxy) is 3. The van der Waals surface area contributed by atoms with Crippen LogP contribution in [0, 0.1) is 6.92 Å². The van der Waals surface area contributed by atoms with E-state index in [1.165, 1.54) is 16.9 Å². The van der Waals surface area contributed by atoms with Gasteiger partial charge in [-0.15, -0.1) is 0 Å². The predicted molar refractivity (Wildman–Crippen MR) is 135 cm³/mol. The van der Waals surface area contributed by atoms with Gasteiger partial charge in [0.05, 0.1) is 28.8 Å². The summed E-state index contributed by atoms with van der Waals surface area (Å²) in [7, 11) is 0. The lowest BCUT2D eigenvalue weighted by molar-refractivity contribution is 0.0764. The number of benzene rings is 3. The molecule has 0 amide bonds. The molecule has 0 spiro atoms. The Morgan fingerprint density at radius 1 is 0.853 bits per heavy atom. The molecule has 7 heteroatoms. The van der Waals surface area contributed by atoms with Gasteiger partial charge in [-0.25, -0.2) is 9.38 Å². The largest absolute Gasteiger partial charge is 0.491 e. The average Bonchev–Trinajstić information content (AvgIpc) is 3.36. The fourth-order valence-corrected chi connectivity index (χ4v) is 4.58. The Bertz CT molecular complexity index is 1510. The molecule has 0 unspecified atom stereocenters. The third-order valence-corrected chi connectivity index (χ3v) is 6.31. The molecular formula is C27H24N2O4S. The van der Waals surface area contributed by atoms with Crippen molar-refractivity contribution in [2.75, 3.05) is 26.4 Å². The lowest BCUT2D eigenvalue weighted by Gasteiger charge is -2.09. The van der Waals surface area contributed by atoms with E-state index in [-0.39, 0.29) is 5.56 Å². The first-order valence-electron chi connectivity index (χ1n) is 11.1. The van der Waals surface area contributed by atoms with Gasteiger partial charge in [0.2, 0.25) is 0 Å². The molecule has 3 aromatic carbocycles. The van der Waals surface area contributed by atoms with Crippen molar-refractivity contribution in [2.45, 2.75) is 6.92 Å². The summed E-state index contributed by atoms with van der Waals surface area (Å²) >= 11 is 1.40. The number of fused-ring (bicyclic) bond motifs is 3. The van der Waals surface area contributed by atoms with Gasteiger partial charge in [-0.3, -0.25) is 4.79 Å². The predicted octanol–water partition coefficient (Wildman–Crippen LogP) is 4.24. The molecule has 0 atom stereocenters. The van der Waals surface area contributed by atoms with Gasteiger partial charge >= 0.3 is 0 Å². The number of para-hydroxylation sites is 2. The van der Waals surface area contributed by atoms with Crippen LogP contribution in [-0.2, 0) is 4.74 Å². The van der Waals surface area contributed by atoms with Crippen molar-refractivity contribution in [1.82, 2.24) is 9.38 Å². The molecule has 0 aliphatic rings. The summed E-state index contributed by atoms with van der Waals surface area (Å²) in [6.07, 6.45) is 1.89. The lowest BCUT2D eigenvalue weighted by Crippen LogP contribution is -2.22. The molecule has 2 heterocycles. The highest BCUT2D eigenvalue weighted by Crippen LogP contribution is 2.16. The molecular weight excluding hydrogens is 448 g/mol. The van der Waals surface area contributed by atoms with Crippen molar-refractivity contribution in [2.24, 2.45) is 0 Å². The fourth-order valence-electron chi connectivity index (χ4n) is 3.60. The standard InChI is InChI=1S/C27H24N2O4S/c1-19-6-10-21(11-7-19)32-16-14-31-15-17-33-22-12-8-20(9-13-22)18-25-26(30)29-24-5-3-2-4-23(24)28-27(29)34-25/h2-13,18H,14-17H2,1H3. The minimum absolute atomic E-state index is 0.0440. The first-order valence-corrected chi connectivity index (χ1v) is 11.9. The van der Waals surface area contributed by atoms with Crippen LogP contribution in [0.5, 0.6) is 11.5 Å². The van der Waals surface area contributed by atoms with E-state index in [2.05, 4.69) is 4.98 Å². The number of hydrogen-bond donors (Lipinski definition) is 0. The highest BCUT2D eigenvalue weighted by Gasteiger charge is 2.10. The van der Waals surface area contributed by atoms with Crippen molar-refractivity contribution in [3.8, 4) is 11.5 Å². The van der Waals surface area contributed by atoms with Gasteiger partial charge in [0.15, 0.2) is 4.96 Å². The summed E-state index contributed by atoms with van der Waals surface area (Å²) in [6.45, 7) is 3.98. The molecule has 172 valence electrons. The Morgan fingerprint density at radius 3 is 2.21 bits per heavy atom. The Labute approximate surface area is 200 Å². The third kappa shape index (κ3) is 4.95. The summed E-state index contributed by atoms with van der Waals surface area (Å²) in [5, 5.41) is 0. The van der Waals surface area contributed by atoms with Gasteiger partial charge in [0, 0.05) is 0 Å². The summed E-state index contributed by atoms with van der Waals surface area (Å²) in [6, 6.07) is 23.3. The SMILES string of the molecule is Cc1ccc(OCCOCCOc2ccc(C=c3sc4nc5ccccc5n4c3=O)cc2)cc1. The van der Waals surface area contributed by atoms with Gasteiger partial charge in [0.1, 0.15) is 24.7 Å². The molecule has 0 saturated heterocycles. The van der Waals surface area contributed by atoms with Gasteiger partial charge in [-0.05, 0) is 55.0 Å². The van der Waals surface area contributed by atoms with Crippen LogP contribution in [0.25, 0.3) is 22.1 Å². The maximum atomic E-state index is 12.9. The normalized spacial score (nSPS) is 12.0. The molecule has 0 saturated carbocycles. The van der Waals surface area contributed by atoms with E-state index in [1.54, 1.807) is 4.40 Å². The van der Waals surface area contributed by atoms with Gasteiger partial charge in [-0.2, -0.15) is 0 Å². The summed E-state index contributed by atoms with van der Waals surface area (Å²) in [4.78, 5) is 18.1. The Morgan fingerprint density at radius 2 is 1.50 bits per heavy atom. The van der Waals surface area contributed by atoms with E-state index in [9.17, 15) is 4.79 Å². The van der Waals surface area contributed by atoms with E-state index in [4.69, 9.17) is 14.2 Å². The van der Waals surface area contributed by atoms with Crippen molar-refractivity contribution in [3.05, 3.63) is 98.8 Å². The molecule has 0 radical (unpaired) electrons. The van der Waals surface area contributed by atoms with Gasteiger partial charge in [-0.1, -0.05) is 53.3 Å². The first-order chi connectivity index (χ1) is 16.7. The minimum atomic E-state index is -0.0440. The zero-order valence-electron chi connectivity index (χ0n) is 18.8. The molecule has 5 aromatic rings. The van der Waals surface area contributed by atoms with Gasteiger partial charge in [0.25, 0.3) is 5.56 Å². The maximum Gasteiger partial charge on any atom is 0.274 e. The van der Waals surface area contributed by atoms with Crippen LogP contribution < -0.4 is 19.6 Å². The van der Waals surface area contributed by atoms with Crippen LogP contribution in [-0.4, -0.2) is 35.8 Å². The first kappa shape index (κ1) is 22.1. The number of nitrogens with zero attached hydrogens (tertiary/aromatic N) is 2. The molecule has 0 aliphatic carbocycles. The Kier molecular flexibility index (Phi) is 6.56. The van der Waals surface area contributed by atoms with E-state index in [0.717, 1.165) is 28.1 Å². The number of thiazole rings is 1. The number of aromatic nitrogens is 2. The quantitative estimate of drug-likeness (QED) is 0.300.